The van der Waals surface area contributed by atoms with Gasteiger partial charge in [0.2, 0.25) is 0 Å². The van der Waals surface area contributed by atoms with Gasteiger partial charge >= 0.3 is 5.69 Å². The number of hydrogen-bond donors (Lipinski definition) is 2. The molecule has 0 fully saturated rings. The normalized spacial score (nSPS) is 11.0. The molecule has 0 amide bonds. The molecule has 0 spiro atoms. The van der Waals surface area contributed by atoms with Gasteiger partial charge in [0.1, 0.15) is 0 Å². The number of H-pyrrole nitrogens is 2. The SMILES string of the molecule is O=c1[nH]nc(Cn2cnc3c(Cl)cccc3c2=O)[nH]1. The van der Waals surface area contributed by atoms with Gasteiger partial charge in [-0.25, -0.2) is 14.9 Å². The predicted molar refractivity (Wildman–Crippen MR) is 69.3 cm³/mol. The van der Waals surface area contributed by atoms with E-state index in [-0.39, 0.29) is 12.1 Å². The van der Waals surface area contributed by atoms with Crippen molar-refractivity contribution in [2.75, 3.05) is 0 Å². The van der Waals surface area contributed by atoms with Crippen LogP contribution in [0.4, 0.5) is 0 Å². The first-order valence-electron chi connectivity index (χ1n) is 5.42. The van der Waals surface area contributed by atoms with Crippen LogP contribution in [0, 0.1) is 0 Å². The molecule has 0 bridgehead atoms. The highest BCUT2D eigenvalue weighted by Crippen LogP contribution is 2.17. The average molecular weight is 278 g/mol. The summed E-state index contributed by atoms with van der Waals surface area (Å²) in [6.07, 6.45) is 1.38. The molecule has 0 aliphatic carbocycles. The fraction of sp³-hybridized carbons (Fsp3) is 0.0909. The molecule has 3 aromatic rings. The van der Waals surface area contributed by atoms with E-state index in [4.69, 9.17) is 11.6 Å². The summed E-state index contributed by atoms with van der Waals surface area (Å²) in [6, 6.07) is 5.01. The quantitative estimate of drug-likeness (QED) is 0.713. The van der Waals surface area contributed by atoms with Crippen LogP contribution in [0.25, 0.3) is 10.9 Å². The van der Waals surface area contributed by atoms with Gasteiger partial charge in [-0.3, -0.25) is 14.3 Å². The molecule has 96 valence electrons. The van der Waals surface area contributed by atoms with Gasteiger partial charge in [-0.05, 0) is 12.1 Å². The van der Waals surface area contributed by atoms with Crippen LogP contribution in [0.1, 0.15) is 5.82 Å². The Bertz CT molecular complexity index is 863. The lowest BCUT2D eigenvalue weighted by atomic mass is 10.2. The molecule has 1 aromatic carbocycles. The molecule has 0 aliphatic heterocycles. The molecule has 0 unspecified atom stereocenters. The minimum Gasteiger partial charge on any atom is -0.291 e. The number of rotatable bonds is 2. The molecule has 0 saturated heterocycles. The molecule has 8 heteroatoms. The first-order valence-corrected chi connectivity index (χ1v) is 5.80. The van der Waals surface area contributed by atoms with Crippen LogP contribution in [0.15, 0.2) is 34.1 Å². The maximum absolute atomic E-state index is 12.2. The Balaban J connectivity index is 2.13. The smallest absolute Gasteiger partial charge is 0.291 e. The van der Waals surface area contributed by atoms with Crippen molar-refractivity contribution in [1.29, 1.82) is 0 Å². The van der Waals surface area contributed by atoms with Gasteiger partial charge in [-0.1, -0.05) is 17.7 Å². The number of nitrogens with one attached hydrogen (secondary N) is 2. The second-order valence-electron chi connectivity index (χ2n) is 3.94. The van der Waals surface area contributed by atoms with Gasteiger partial charge in [0.15, 0.2) is 5.82 Å². The lowest BCUT2D eigenvalue weighted by Crippen LogP contribution is -2.22. The maximum Gasteiger partial charge on any atom is 0.340 e. The molecule has 2 aromatic heterocycles. The van der Waals surface area contributed by atoms with Crippen LogP contribution in [0.5, 0.6) is 0 Å². The summed E-state index contributed by atoms with van der Waals surface area (Å²) in [6.45, 7) is 0.132. The zero-order chi connectivity index (χ0) is 13.4. The van der Waals surface area contributed by atoms with Crippen molar-refractivity contribution in [2.24, 2.45) is 0 Å². The summed E-state index contributed by atoms with van der Waals surface area (Å²) in [5.74, 6) is 0.357. The molecule has 7 nitrogen and oxygen atoms in total. The zero-order valence-electron chi connectivity index (χ0n) is 9.55. The van der Waals surface area contributed by atoms with Crippen molar-refractivity contribution >= 4 is 22.5 Å². The van der Waals surface area contributed by atoms with E-state index in [1.54, 1.807) is 18.2 Å². The van der Waals surface area contributed by atoms with Crippen LogP contribution in [-0.4, -0.2) is 24.7 Å². The van der Waals surface area contributed by atoms with E-state index in [1.165, 1.54) is 10.9 Å². The van der Waals surface area contributed by atoms with E-state index in [0.29, 0.717) is 21.7 Å². The predicted octanol–water partition coefficient (Wildman–Crippen LogP) is 0.510. The Morgan fingerprint density at radius 3 is 2.89 bits per heavy atom. The summed E-state index contributed by atoms with van der Waals surface area (Å²) < 4.78 is 1.35. The number of aromatic nitrogens is 5. The van der Waals surface area contributed by atoms with Gasteiger partial charge < -0.3 is 0 Å². The van der Waals surface area contributed by atoms with E-state index in [1.807, 2.05) is 0 Å². The van der Waals surface area contributed by atoms with Crippen molar-refractivity contribution in [2.45, 2.75) is 6.54 Å². The largest absolute Gasteiger partial charge is 0.340 e. The number of para-hydroxylation sites is 1. The van der Waals surface area contributed by atoms with Crippen molar-refractivity contribution in [3.63, 3.8) is 0 Å². The zero-order valence-corrected chi connectivity index (χ0v) is 10.3. The summed E-state index contributed by atoms with van der Waals surface area (Å²) in [5, 5.41) is 6.83. The molecule has 19 heavy (non-hydrogen) atoms. The van der Waals surface area contributed by atoms with E-state index in [2.05, 4.69) is 20.2 Å². The molecule has 0 saturated carbocycles. The first kappa shape index (κ1) is 11.7. The number of hydrogen-bond acceptors (Lipinski definition) is 4. The topological polar surface area (TPSA) is 96.4 Å². The van der Waals surface area contributed by atoms with Crippen LogP contribution in [-0.2, 0) is 6.54 Å². The molecule has 2 heterocycles. The van der Waals surface area contributed by atoms with Gasteiger partial charge in [0, 0.05) is 0 Å². The molecular formula is C11H8ClN5O2. The number of fused-ring (bicyclic) bond motifs is 1. The number of aromatic amines is 2. The Morgan fingerprint density at radius 1 is 1.32 bits per heavy atom. The van der Waals surface area contributed by atoms with Gasteiger partial charge in [0.05, 0.1) is 28.8 Å². The Labute approximate surface area is 110 Å². The summed E-state index contributed by atoms with van der Waals surface area (Å²) in [4.78, 5) is 29.8. The number of benzene rings is 1. The highest BCUT2D eigenvalue weighted by molar-refractivity contribution is 6.34. The van der Waals surface area contributed by atoms with Crippen LogP contribution in [0.2, 0.25) is 5.02 Å². The Kier molecular flexibility index (Phi) is 2.68. The van der Waals surface area contributed by atoms with Crippen molar-refractivity contribution in [3.05, 3.63) is 56.2 Å². The Morgan fingerprint density at radius 2 is 2.16 bits per heavy atom. The molecule has 3 rings (SSSR count). The van der Waals surface area contributed by atoms with Crippen LogP contribution in [0.3, 0.4) is 0 Å². The van der Waals surface area contributed by atoms with Crippen molar-refractivity contribution in [1.82, 2.24) is 24.7 Å². The van der Waals surface area contributed by atoms with Crippen molar-refractivity contribution in [3.8, 4) is 0 Å². The maximum atomic E-state index is 12.2. The molecule has 0 aliphatic rings. The fourth-order valence-electron chi connectivity index (χ4n) is 1.81. The fourth-order valence-corrected chi connectivity index (χ4v) is 2.03. The first-order chi connectivity index (χ1) is 9.15. The summed E-state index contributed by atoms with van der Waals surface area (Å²) >= 11 is 5.97. The second kappa shape index (κ2) is 4.36. The summed E-state index contributed by atoms with van der Waals surface area (Å²) in [5.41, 5.74) is -0.197. The standard InChI is InChI=1S/C11H8ClN5O2/c12-7-3-1-2-6-9(7)13-5-17(10(6)18)4-8-14-11(19)16-15-8/h1-3,5H,4H2,(H2,14,15,16,19). The minimum atomic E-state index is -0.417. The van der Waals surface area contributed by atoms with Crippen LogP contribution >= 0.6 is 11.6 Å². The van der Waals surface area contributed by atoms with E-state index < -0.39 is 5.69 Å². The highest BCUT2D eigenvalue weighted by Gasteiger charge is 2.08. The monoisotopic (exact) mass is 277 g/mol. The third-order valence-corrected chi connectivity index (χ3v) is 2.98. The average Bonchev–Trinajstić information content (AvgIpc) is 2.79. The van der Waals surface area contributed by atoms with Crippen molar-refractivity contribution < 1.29 is 0 Å². The molecule has 0 atom stereocenters. The molecular weight excluding hydrogens is 270 g/mol. The number of nitrogens with zero attached hydrogens (tertiary/aromatic N) is 3. The highest BCUT2D eigenvalue weighted by atomic mass is 35.5. The minimum absolute atomic E-state index is 0.132. The van der Waals surface area contributed by atoms with E-state index in [0.717, 1.165) is 0 Å². The van der Waals surface area contributed by atoms with E-state index in [9.17, 15) is 9.59 Å². The van der Waals surface area contributed by atoms with Gasteiger partial charge in [0.25, 0.3) is 5.56 Å². The second-order valence-corrected chi connectivity index (χ2v) is 4.35. The van der Waals surface area contributed by atoms with E-state index >= 15 is 0 Å². The Hall–Kier alpha value is -2.41. The van der Waals surface area contributed by atoms with Gasteiger partial charge in [-0.15, -0.1) is 0 Å². The number of halogens is 1. The summed E-state index contributed by atoms with van der Waals surface area (Å²) in [7, 11) is 0. The lowest BCUT2D eigenvalue weighted by Gasteiger charge is -2.04. The third-order valence-electron chi connectivity index (χ3n) is 2.67. The molecule has 0 radical (unpaired) electrons. The lowest BCUT2D eigenvalue weighted by molar-refractivity contribution is 0.709. The third kappa shape index (κ3) is 2.04. The van der Waals surface area contributed by atoms with Crippen LogP contribution < -0.4 is 11.2 Å². The van der Waals surface area contributed by atoms with Gasteiger partial charge in [-0.2, -0.15) is 5.10 Å². The molecule has 2 N–H and O–H groups in total.